The van der Waals surface area contributed by atoms with Gasteiger partial charge in [-0.15, -0.1) is 0 Å². The summed E-state index contributed by atoms with van der Waals surface area (Å²) in [6.07, 6.45) is -2.76. The smallest absolute Gasteiger partial charge is 0.297 e. The van der Waals surface area contributed by atoms with Gasteiger partial charge in [-0.1, -0.05) is 30.3 Å². The van der Waals surface area contributed by atoms with Crippen molar-refractivity contribution >= 4 is 0 Å². The van der Waals surface area contributed by atoms with Crippen LogP contribution >= 0.6 is 0 Å². The van der Waals surface area contributed by atoms with Crippen LogP contribution in [-0.2, 0) is 11.4 Å². The van der Waals surface area contributed by atoms with Crippen molar-refractivity contribution < 1.29 is 18.0 Å². The summed E-state index contributed by atoms with van der Waals surface area (Å²) in [6.45, 7) is 0.548. The Morgan fingerprint density at radius 3 is 2.40 bits per heavy atom. The van der Waals surface area contributed by atoms with E-state index in [1.807, 2.05) is 30.3 Å². The van der Waals surface area contributed by atoms with Crippen molar-refractivity contribution in [2.45, 2.75) is 31.7 Å². The van der Waals surface area contributed by atoms with Gasteiger partial charge in [-0.3, -0.25) is 9.74 Å². The predicted molar refractivity (Wildman–Crippen MR) is 69.9 cm³/mol. The van der Waals surface area contributed by atoms with E-state index in [1.54, 1.807) is 0 Å². The predicted octanol–water partition coefficient (Wildman–Crippen LogP) is 2.73. The number of piperidine rings is 1. The van der Waals surface area contributed by atoms with Crippen LogP contribution in [0.5, 0.6) is 0 Å². The lowest BCUT2D eigenvalue weighted by molar-refractivity contribution is -0.149. The second kappa shape index (κ2) is 7.06. The molecule has 3 nitrogen and oxygen atoms in total. The molecule has 0 amide bonds. The summed E-state index contributed by atoms with van der Waals surface area (Å²) in [7, 11) is 0. The summed E-state index contributed by atoms with van der Waals surface area (Å²) in [5, 5.41) is 0. The van der Waals surface area contributed by atoms with Crippen LogP contribution in [0.25, 0.3) is 0 Å². The fourth-order valence-corrected chi connectivity index (χ4v) is 2.28. The highest BCUT2D eigenvalue weighted by molar-refractivity contribution is 5.13. The highest BCUT2D eigenvalue weighted by Crippen LogP contribution is 2.19. The van der Waals surface area contributed by atoms with E-state index in [0.717, 1.165) is 5.56 Å². The maximum absolute atomic E-state index is 12.2. The molecule has 2 rings (SSSR count). The molecule has 6 heteroatoms. The Labute approximate surface area is 116 Å². The molecule has 112 valence electrons. The average molecular weight is 288 g/mol. The van der Waals surface area contributed by atoms with Gasteiger partial charge in [-0.2, -0.15) is 18.7 Å². The first-order valence-electron chi connectivity index (χ1n) is 6.73. The van der Waals surface area contributed by atoms with Crippen molar-refractivity contribution in [2.24, 2.45) is 0 Å². The van der Waals surface area contributed by atoms with E-state index in [2.05, 4.69) is 5.48 Å². The number of hydrogen-bond acceptors (Lipinski definition) is 3. The first kappa shape index (κ1) is 15.3. The Bertz CT molecular complexity index is 389. The van der Waals surface area contributed by atoms with Gasteiger partial charge in [0.1, 0.15) is 0 Å². The molecule has 0 radical (unpaired) electrons. The fraction of sp³-hybridized carbons (Fsp3) is 0.571. The summed E-state index contributed by atoms with van der Waals surface area (Å²) in [6, 6.07) is 9.88. The zero-order chi connectivity index (χ0) is 14.4. The van der Waals surface area contributed by atoms with Crippen molar-refractivity contribution in [3.05, 3.63) is 35.9 Å². The lowest BCUT2D eigenvalue weighted by Gasteiger charge is -2.32. The third kappa shape index (κ3) is 5.48. The van der Waals surface area contributed by atoms with E-state index in [0.29, 0.717) is 32.5 Å². The summed E-state index contributed by atoms with van der Waals surface area (Å²) in [5.41, 5.74) is 4.01. The molecule has 1 heterocycles. The van der Waals surface area contributed by atoms with Crippen LogP contribution in [0.15, 0.2) is 30.3 Å². The van der Waals surface area contributed by atoms with Gasteiger partial charge < -0.3 is 0 Å². The molecule has 1 aromatic carbocycles. The Kier molecular flexibility index (Phi) is 5.39. The molecule has 0 spiro atoms. The van der Waals surface area contributed by atoms with Crippen LogP contribution in [0, 0.1) is 0 Å². The van der Waals surface area contributed by atoms with Crippen molar-refractivity contribution in [2.75, 3.05) is 19.6 Å². The highest BCUT2D eigenvalue weighted by atomic mass is 19.4. The third-order valence-electron chi connectivity index (χ3n) is 3.32. The largest absolute Gasteiger partial charge is 0.401 e. The highest BCUT2D eigenvalue weighted by Gasteiger charge is 2.32. The van der Waals surface area contributed by atoms with Crippen LogP contribution in [0.4, 0.5) is 13.2 Å². The minimum Gasteiger partial charge on any atom is -0.297 e. The maximum atomic E-state index is 12.2. The Hall–Kier alpha value is -1.11. The molecule has 1 N–H and O–H groups in total. The van der Waals surface area contributed by atoms with E-state index in [9.17, 15) is 13.2 Å². The molecule has 0 aromatic heterocycles. The first-order chi connectivity index (χ1) is 9.53. The van der Waals surface area contributed by atoms with Crippen molar-refractivity contribution in [3.63, 3.8) is 0 Å². The first-order valence-corrected chi connectivity index (χ1v) is 6.73. The normalized spacial score (nSPS) is 18.4. The fourth-order valence-electron chi connectivity index (χ4n) is 2.28. The van der Waals surface area contributed by atoms with E-state index in [4.69, 9.17) is 4.84 Å². The van der Waals surface area contributed by atoms with Gasteiger partial charge in [-0.05, 0) is 18.4 Å². The third-order valence-corrected chi connectivity index (χ3v) is 3.32. The topological polar surface area (TPSA) is 24.5 Å². The molecule has 0 saturated carbocycles. The maximum Gasteiger partial charge on any atom is 0.401 e. The van der Waals surface area contributed by atoms with Gasteiger partial charge in [0, 0.05) is 19.1 Å². The Balaban J connectivity index is 1.62. The summed E-state index contributed by atoms with van der Waals surface area (Å²) in [4.78, 5) is 6.84. The van der Waals surface area contributed by atoms with E-state index in [1.165, 1.54) is 4.90 Å². The molecular weight excluding hydrogens is 269 g/mol. The number of alkyl halides is 3. The van der Waals surface area contributed by atoms with Gasteiger partial charge >= 0.3 is 6.18 Å². The van der Waals surface area contributed by atoms with Crippen LogP contribution in [0.1, 0.15) is 18.4 Å². The second-order valence-electron chi connectivity index (χ2n) is 5.06. The molecule has 1 saturated heterocycles. The summed E-state index contributed by atoms with van der Waals surface area (Å²) in [5.74, 6) is 0. The molecule has 0 unspecified atom stereocenters. The van der Waals surface area contributed by atoms with Crippen molar-refractivity contribution in [1.82, 2.24) is 10.4 Å². The van der Waals surface area contributed by atoms with Crippen LogP contribution in [0.2, 0.25) is 0 Å². The second-order valence-corrected chi connectivity index (χ2v) is 5.06. The standard InChI is InChI=1S/C14H19F3N2O/c15-14(16,17)11-19-8-6-13(7-9-19)18-20-10-12-4-2-1-3-5-12/h1-5,13,18H,6-11H2. The van der Waals surface area contributed by atoms with E-state index >= 15 is 0 Å². The van der Waals surface area contributed by atoms with Crippen molar-refractivity contribution in [3.8, 4) is 0 Å². The molecule has 20 heavy (non-hydrogen) atoms. The quantitative estimate of drug-likeness (QED) is 0.843. The number of likely N-dealkylation sites (tertiary alicyclic amines) is 1. The number of nitrogens with one attached hydrogen (secondary N) is 1. The van der Waals surface area contributed by atoms with Crippen LogP contribution < -0.4 is 5.48 Å². The molecule has 0 bridgehead atoms. The number of nitrogens with zero attached hydrogens (tertiary/aromatic N) is 1. The number of rotatable bonds is 5. The Morgan fingerprint density at radius 1 is 1.15 bits per heavy atom. The number of hydrogen-bond donors (Lipinski definition) is 1. The van der Waals surface area contributed by atoms with E-state index in [-0.39, 0.29) is 6.04 Å². The number of benzene rings is 1. The van der Waals surface area contributed by atoms with Gasteiger partial charge in [-0.25, -0.2) is 0 Å². The van der Waals surface area contributed by atoms with Gasteiger partial charge in [0.05, 0.1) is 13.2 Å². The molecule has 1 fully saturated rings. The number of hydroxylamine groups is 1. The average Bonchev–Trinajstić information content (AvgIpc) is 2.40. The zero-order valence-corrected chi connectivity index (χ0v) is 11.2. The van der Waals surface area contributed by atoms with Crippen LogP contribution in [0.3, 0.4) is 0 Å². The molecule has 1 aromatic rings. The van der Waals surface area contributed by atoms with Crippen molar-refractivity contribution in [1.29, 1.82) is 0 Å². The lowest BCUT2D eigenvalue weighted by atomic mass is 10.1. The van der Waals surface area contributed by atoms with Gasteiger partial charge in [0.25, 0.3) is 0 Å². The number of halogens is 3. The SMILES string of the molecule is FC(F)(F)CN1CCC(NOCc2ccccc2)CC1. The summed E-state index contributed by atoms with van der Waals surface area (Å²) >= 11 is 0. The van der Waals surface area contributed by atoms with Gasteiger partial charge in [0.2, 0.25) is 0 Å². The van der Waals surface area contributed by atoms with Crippen LogP contribution in [-0.4, -0.2) is 36.8 Å². The molecular formula is C14H19F3N2O. The Morgan fingerprint density at radius 2 is 1.80 bits per heavy atom. The lowest BCUT2D eigenvalue weighted by Crippen LogP contribution is -2.45. The monoisotopic (exact) mass is 288 g/mol. The molecule has 0 atom stereocenters. The molecule has 1 aliphatic heterocycles. The molecule has 0 aliphatic carbocycles. The minimum atomic E-state index is -4.11. The minimum absolute atomic E-state index is 0.128. The molecule has 1 aliphatic rings. The van der Waals surface area contributed by atoms with E-state index < -0.39 is 12.7 Å². The van der Waals surface area contributed by atoms with Gasteiger partial charge in [0.15, 0.2) is 0 Å². The summed E-state index contributed by atoms with van der Waals surface area (Å²) < 4.78 is 36.7. The zero-order valence-electron chi connectivity index (χ0n) is 11.2.